The molecule has 0 radical (unpaired) electrons. The van der Waals surface area contributed by atoms with Gasteiger partial charge in [-0.15, -0.1) is 24.0 Å². The SMILES string of the molecule is CCNC(=NCc1ccc(OCCCN(C)C)cc1)N1CC(C)C(C(=O)OC)C1.I. The summed E-state index contributed by atoms with van der Waals surface area (Å²) in [5, 5.41) is 3.34. The molecule has 30 heavy (non-hydrogen) atoms. The van der Waals surface area contributed by atoms with Crippen molar-refractivity contribution in [1.29, 1.82) is 0 Å². The Hall–Kier alpha value is -1.55. The number of carbonyl (C=O) groups is 1. The minimum absolute atomic E-state index is 0. The van der Waals surface area contributed by atoms with Crippen LogP contribution in [0.3, 0.4) is 0 Å². The lowest BCUT2D eigenvalue weighted by molar-refractivity contribution is -0.145. The highest BCUT2D eigenvalue weighted by molar-refractivity contribution is 14.0. The van der Waals surface area contributed by atoms with Crippen LogP contribution in [0.25, 0.3) is 0 Å². The normalized spacial score (nSPS) is 18.9. The molecule has 170 valence electrons. The van der Waals surface area contributed by atoms with E-state index in [-0.39, 0.29) is 41.8 Å². The van der Waals surface area contributed by atoms with Crippen molar-refractivity contribution in [3.8, 4) is 5.75 Å². The van der Waals surface area contributed by atoms with Gasteiger partial charge in [0.15, 0.2) is 5.96 Å². The van der Waals surface area contributed by atoms with Crippen LogP contribution in [0.5, 0.6) is 5.75 Å². The molecule has 0 saturated carbocycles. The van der Waals surface area contributed by atoms with Crippen molar-refractivity contribution in [3.05, 3.63) is 29.8 Å². The average Bonchev–Trinajstić information content (AvgIpc) is 3.10. The first kappa shape index (κ1) is 26.5. The molecular formula is C22H37IN4O3. The molecule has 0 bridgehead atoms. The molecule has 1 aliphatic rings. The number of benzene rings is 1. The monoisotopic (exact) mass is 532 g/mol. The molecule has 0 aromatic heterocycles. The lowest BCUT2D eigenvalue weighted by Gasteiger charge is -2.21. The van der Waals surface area contributed by atoms with E-state index in [1.807, 2.05) is 12.1 Å². The van der Waals surface area contributed by atoms with Gasteiger partial charge in [0.2, 0.25) is 0 Å². The number of guanidine groups is 1. The minimum Gasteiger partial charge on any atom is -0.494 e. The zero-order valence-corrected chi connectivity index (χ0v) is 21.2. The molecule has 7 nitrogen and oxygen atoms in total. The molecule has 0 spiro atoms. The van der Waals surface area contributed by atoms with Crippen LogP contribution < -0.4 is 10.1 Å². The van der Waals surface area contributed by atoms with E-state index >= 15 is 0 Å². The number of nitrogens with zero attached hydrogens (tertiary/aromatic N) is 3. The topological polar surface area (TPSA) is 66.4 Å². The second-order valence-electron chi connectivity index (χ2n) is 7.83. The van der Waals surface area contributed by atoms with E-state index in [9.17, 15) is 4.79 Å². The zero-order valence-electron chi connectivity index (χ0n) is 18.9. The number of hydrogen-bond acceptors (Lipinski definition) is 5. The van der Waals surface area contributed by atoms with Crippen LogP contribution in [0, 0.1) is 11.8 Å². The van der Waals surface area contributed by atoms with Crippen molar-refractivity contribution in [2.75, 3.05) is 54.0 Å². The number of carbonyl (C=O) groups excluding carboxylic acids is 1. The molecule has 1 aromatic carbocycles. The number of likely N-dealkylation sites (tertiary alicyclic amines) is 1. The van der Waals surface area contributed by atoms with Crippen molar-refractivity contribution >= 4 is 35.9 Å². The summed E-state index contributed by atoms with van der Waals surface area (Å²) in [6.45, 7) is 8.67. The Bertz CT molecular complexity index is 667. The van der Waals surface area contributed by atoms with E-state index in [0.717, 1.165) is 49.9 Å². The first-order chi connectivity index (χ1) is 13.9. The Kier molecular flexibility index (Phi) is 12.1. The number of nitrogens with one attached hydrogen (secondary N) is 1. The zero-order chi connectivity index (χ0) is 21.2. The molecule has 1 saturated heterocycles. The third-order valence-corrected chi connectivity index (χ3v) is 5.10. The lowest BCUT2D eigenvalue weighted by Crippen LogP contribution is -2.40. The summed E-state index contributed by atoms with van der Waals surface area (Å²) in [4.78, 5) is 21.0. The fraction of sp³-hybridized carbons (Fsp3) is 0.636. The van der Waals surface area contributed by atoms with E-state index in [0.29, 0.717) is 13.1 Å². The largest absolute Gasteiger partial charge is 0.494 e. The maximum atomic E-state index is 12.0. The van der Waals surface area contributed by atoms with Gasteiger partial charge in [0.1, 0.15) is 5.75 Å². The molecule has 0 aliphatic carbocycles. The summed E-state index contributed by atoms with van der Waals surface area (Å²) < 4.78 is 10.7. The number of hydrogen-bond donors (Lipinski definition) is 1. The first-order valence-corrected chi connectivity index (χ1v) is 10.4. The Labute approximate surface area is 198 Å². The highest BCUT2D eigenvalue weighted by atomic mass is 127. The van der Waals surface area contributed by atoms with Crippen LogP contribution in [-0.4, -0.2) is 75.7 Å². The van der Waals surface area contributed by atoms with Crippen molar-refractivity contribution in [3.63, 3.8) is 0 Å². The van der Waals surface area contributed by atoms with E-state index < -0.39 is 0 Å². The van der Waals surface area contributed by atoms with Gasteiger partial charge in [-0.05, 0) is 51.1 Å². The molecule has 2 atom stereocenters. The summed E-state index contributed by atoms with van der Waals surface area (Å²) in [5.41, 5.74) is 1.12. The summed E-state index contributed by atoms with van der Waals surface area (Å²) in [6, 6.07) is 8.10. The number of rotatable bonds is 9. The van der Waals surface area contributed by atoms with E-state index in [2.05, 4.69) is 55.2 Å². The first-order valence-electron chi connectivity index (χ1n) is 10.4. The van der Waals surface area contributed by atoms with Crippen LogP contribution in [0.1, 0.15) is 25.8 Å². The van der Waals surface area contributed by atoms with E-state index in [1.54, 1.807) is 0 Å². The number of methoxy groups -OCH3 is 1. The van der Waals surface area contributed by atoms with Crippen molar-refractivity contribution in [2.45, 2.75) is 26.8 Å². The van der Waals surface area contributed by atoms with Crippen LogP contribution in [0.15, 0.2) is 29.3 Å². The molecule has 2 unspecified atom stereocenters. The third kappa shape index (κ3) is 8.29. The Morgan fingerprint density at radius 2 is 1.97 bits per heavy atom. The maximum absolute atomic E-state index is 12.0. The summed E-state index contributed by atoms with van der Waals surface area (Å²) in [5.74, 6) is 1.73. The Balaban J connectivity index is 0.00000450. The second kappa shape index (κ2) is 13.7. The molecule has 1 fully saturated rings. The van der Waals surface area contributed by atoms with Gasteiger partial charge in [0.05, 0.1) is 26.2 Å². The number of ether oxygens (including phenoxy) is 2. The Morgan fingerprint density at radius 1 is 1.27 bits per heavy atom. The van der Waals surface area contributed by atoms with Gasteiger partial charge >= 0.3 is 5.97 Å². The summed E-state index contributed by atoms with van der Waals surface area (Å²) >= 11 is 0. The molecule has 8 heteroatoms. The average molecular weight is 532 g/mol. The summed E-state index contributed by atoms with van der Waals surface area (Å²) in [6.07, 6.45) is 1.01. The highest BCUT2D eigenvalue weighted by Gasteiger charge is 2.36. The van der Waals surface area contributed by atoms with Crippen LogP contribution in [-0.2, 0) is 16.1 Å². The van der Waals surface area contributed by atoms with Crippen molar-refractivity contribution < 1.29 is 14.3 Å². The van der Waals surface area contributed by atoms with Gasteiger partial charge in [-0.1, -0.05) is 19.1 Å². The molecule has 1 aromatic rings. The maximum Gasteiger partial charge on any atom is 0.310 e. The fourth-order valence-corrected chi connectivity index (χ4v) is 3.45. The van der Waals surface area contributed by atoms with Crippen LogP contribution in [0.4, 0.5) is 0 Å². The number of esters is 1. The molecular weight excluding hydrogens is 495 g/mol. The smallest absolute Gasteiger partial charge is 0.310 e. The van der Waals surface area contributed by atoms with Gasteiger partial charge in [-0.3, -0.25) is 4.79 Å². The van der Waals surface area contributed by atoms with Gasteiger partial charge in [0.25, 0.3) is 0 Å². The Morgan fingerprint density at radius 3 is 2.57 bits per heavy atom. The molecule has 1 N–H and O–H groups in total. The van der Waals surface area contributed by atoms with Crippen molar-refractivity contribution in [1.82, 2.24) is 15.1 Å². The van der Waals surface area contributed by atoms with Crippen LogP contribution in [0.2, 0.25) is 0 Å². The quantitative estimate of drug-likeness (QED) is 0.174. The van der Waals surface area contributed by atoms with Gasteiger partial charge in [-0.25, -0.2) is 4.99 Å². The standard InChI is InChI=1S/C22H36N4O3.HI/c1-6-23-22(26-15-17(2)20(16-26)21(27)28-5)24-14-18-8-10-19(11-9-18)29-13-7-12-25(3)4;/h8-11,17,20H,6-7,12-16H2,1-5H3,(H,23,24);1H. The number of halogens is 1. The van der Waals surface area contributed by atoms with Gasteiger partial charge in [0, 0.05) is 26.2 Å². The molecule has 1 aliphatic heterocycles. The van der Waals surface area contributed by atoms with E-state index in [1.165, 1.54) is 7.11 Å². The predicted octanol–water partition coefficient (Wildman–Crippen LogP) is 2.84. The second-order valence-corrected chi connectivity index (χ2v) is 7.83. The minimum atomic E-state index is -0.142. The number of aliphatic imine (C=N–C) groups is 1. The summed E-state index contributed by atoms with van der Waals surface area (Å²) in [7, 11) is 5.58. The lowest BCUT2D eigenvalue weighted by atomic mass is 9.99. The van der Waals surface area contributed by atoms with Gasteiger partial charge in [-0.2, -0.15) is 0 Å². The van der Waals surface area contributed by atoms with Gasteiger partial charge < -0.3 is 24.6 Å². The predicted molar refractivity (Wildman–Crippen MR) is 132 cm³/mol. The fourth-order valence-electron chi connectivity index (χ4n) is 3.45. The van der Waals surface area contributed by atoms with Crippen molar-refractivity contribution in [2.24, 2.45) is 16.8 Å². The molecule has 2 rings (SSSR count). The molecule has 1 heterocycles. The van der Waals surface area contributed by atoms with E-state index in [4.69, 9.17) is 14.5 Å². The van der Waals surface area contributed by atoms with Crippen LogP contribution >= 0.6 is 24.0 Å². The highest BCUT2D eigenvalue weighted by Crippen LogP contribution is 2.24. The molecule has 0 amide bonds. The third-order valence-electron chi connectivity index (χ3n) is 5.10.